The third-order valence-electron chi connectivity index (χ3n) is 9.72. The fourth-order valence-corrected chi connectivity index (χ4v) is 6.52. The van der Waals surface area contributed by atoms with Gasteiger partial charge in [-0.3, -0.25) is 0 Å². The summed E-state index contributed by atoms with van der Waals surface area (Å²) in [6, 6.07) is 17.9. The van der Waals surface area contributed by atoms with E-state index in [0.717, 1.165) is 80.3 Å². The normalized spacial score (nSPS) is 12.4. The van der Waals surface area contributed by atoms with Gasteiger partial charge in [-0.1, -0.05) is 156 Å². The van der Waals surface area contributed by atoms with Crippen LogP contribution in [0.1, 0.15) is 205 Å². The summed E-state index contributed by atoms with van der Waals surface area (Å²) in [5.74, 6) is 0. The molecule has 290 valence electrons. The summed E-state index contributed by atoms with van der Waals surface area (Å²) < 4.78 is 1.53. The third-order valence-corrected chi connectivity index (χ3v) is 9.72. The van der Waals surface area contributed by atoms with E-state index in [2.05, 4.69) is 104 Å². The molecule has 1 aliphatic rings. The first kappa shape index (κ1) is 49.0. The molecule has 3 heteroatoms. The second-order valence-electron chi connectivity index (χ2n) is 14.3. The van der Waals surface area contributed by atoms with Crippen molar-refractivity contribution in [3.8, 4) is 0 Å². The molecule has 0 amide bonds. The molecule has 0 aliphatic carbocycles. The van der Waals surface area contributed by atoms with Gasteiger partial charge in [0.2, 0.25) is 11.4 Å². The van der Waals surface area contributed by atoms with Crippen LogP contribution >= 0.6 is 0 Å². The average molecular weight is 742 g/mol. The zero-order chi connectivity index (χ0) is 36.8. The van der Waals surface area contributed by atoms with Gasteiger partial charge in [0, 0.05) is 22.3 Å². The van der Waals surface area contributed by atoms with Crippen molar-refractivity contribution in [3.05, 3.63) is 101 Å². The van der Waals surface area contributed by atoms with Gasteiger partial charge in [0.25, 0.3) is 0 Å². The summed E-state index contributed by atoms with van der Waals surface area (Å²) >= 11 is 0. The Morgan fingerprint density at radius 1 is 0.412 bits per heavy atom. The van der Waals surface area contributed by atoms with Gasteiger partial charge in [-0.25, -0.2) is 4.70 Å². The smallest absolute Gasteiger partial charge is 0.493 e. The summed E-state index contributed by atoms with van der Waals surface area (Å²) in [5.41, 5.74) is 21.5. The summed E-state index contributed by atoms with van der Waals surface area (Å²) in [7, 11) is 0. The Morgan fingerprint density at radius 3 is 1.10 bits per heavy atom. The molecule has 3 rings (SSSR count). The number of unbranched alkanes of at least 4 members (excludes halogenated alkanes) is 14. The Balaban J connectivity index is 0.00000140. The van der Waals surface area contributed by atoms with Gasteiger partial charge < -0.3 is 19.4 Å². The molecule has 0 bridgehead atoms. The predicted molar refractivity (Wildman–Crippen MR) is 224 cm³/mol. The van der Waals surface area contributed by atoms with Gasteiger partial charge in [0.15, 0.2) is 0 Å². The first-order valence-corrected chi connectivity index (χ1v) is 21.2. The van der Waals surface area contributed by atoms with Crippen molar-refractivity contribution in [2.45, 2.75) is 196 Å². The van der Waals surface area contributed by atoms with Crippen molar-refractivity contribution in [3.63, 3.8) is 0 Å². The van der Waals surface area contributed by atoms with E-state index in [1.807, 2.05) is 0 Å². The molecule has 0 spiro atoms. The zero-order valence-corrected chi connectivity index (χ0v) is 35.2. The Kier molecular flexibility index (Phi) is 31.4. The molecule has 0 radical (unpaired) electrons. The maximum atomic E-state index is 11.7. The zero-order valence-electron chi connectivity index (χ0n) is 34.2. The van der Waals surface area contributed by atoms with Crippen molar-refractivity contribution in [2.75, 3.05) is 0 Å². The van der Waals surface area contributed by atoms with Gasteiger partial charge in [0.05, 0.1) is 0 Å². The molecule has 0 aromatic heterocycles. The van der Waals surface area contributed by atoms with Gasteiger partial charge >= 0.3 is 16.5 Å². The monoisotopic (exact) mass is 741 g/mol. The molecule has 0 unspecified atom stereocenters. The van der Waals surface area contributed by atoms with Crippen LogP contribution in [0.4, 0.5) is 0 Å². The standard InChI is InChI=1S/C34H48N2.2C7H15.Ni/c1-5-9-13-16-28-21-25-30(26-22-28)34-32(18-14-10-6-2)31(17-12-8-4)33(36(34)35)29-23-19-27(20-24-29)15-11-7-3;2*1-3-5-7-6-4-2;/h19-26H,5-18H2,1-4H3;2*1,3-7H2,2H3;/q;2*-1;+2. The number of hydrogen-bond acceptors (Lipinski definition) is 0. The van der Waals surface area contributed by atoms with E-state index in [9.17, 15) is 5.53 Å². The quantitative estimate of drug-likeness (QED) is 0.0443. The number of nitrogens with zero attached hydrogens (tertiary/aromatic N) is 2. The van der Waals surface area contributed by atoms with Gasteiger partial charge in [-0.2, -0.15) is 12.8 Å². The molecule has 1 aliphatic heterocycles. The van der Waals surface area contributed by atoms with Crippen LogP contribution in [0.25, 0.3) is 16.9 Å². The third kappa shape index (κ3) is 19.6. The fourth-order valence-electron chi connectivity index (χ4n) is 6.52. The van der Waals surface area contributed by atoms with E-state index in [1.54, 1.807) is 0 Å². The van der Waals surface area contributed by atoms with E-state index >= 15 is 0 Å². The van der Waals surface area contributed by atoms with E-state index in [1.165, 1.54) is 123 Å². The minimum absolute atomic E-state index is 0. The van der Waals surface area contributed by atoms with Gasteiger partial charge in [0.1, 0.15) is 0 Å². The molecule has 0 N–H and O–H groups in total. The molecule has 0 fully saturated rings. The first-order valence-electron chi connectivity index (χ1n) is 21.2. The second kappa shape index (κ2) is 32.6. The minimum Gasteiger partial charge on any atom is -0.493 e. The molecule has 0 saturated carbocycles. The van der Waals surface area contributed by atoms with Crippen LogP contribution < -0.4 is 0 Å². The summed E-state index contributed by atoms with van der Waals surface area (Å²) in [6.45, 7) is 21.0. The van der Waals surface area contributed by atoms with Crippen molar-refractivity contribution in [1.29, 1.82) is 0 Å². The molecule has 2 aromatic carbocycles. The predicted octanol–water partition coefficient (Wildman–Crippen LogP) is 16.3. The van der Waals surface area contributed by atoms with Crippen LogP contribution in [-0.2, 0) is 29.3 Å². The number of allylic oxidation sites excluding steroid dienone is 2. The Hall–Kier alpha value is -1.99. The van der Waals surface area contributed by atoms with E-state index in [4.69, 9.17) is 0 Å². The van der Waals surface area contributed by atoms with Crippen LogP contribution in [0.15, 0.2) is 59.7 Å². The number of benzene rings is 2. The van der Waals surface area contributed by atoms with Gasteiger partial charge in [-0.15, -0.1) is 0 Å². The molecule has 2 aromatic rings. The number of aryl methyl sites for hydroxylation is 2. The van der Waals surface area contributed by atoms with E-state index < -0.39 is 0 Å². The molecule has 1 heterocycles. The Labute approximate surface area is 328 Å². The maximum absolute atomic E-state index is 11.7. The molecule has 2 nitrogen and oxygen atoms in total. The number of hydrogen-bond donors (Lipinski definition) is 0. The minimum atomic E-state index is 0. The van der Waals surface area contributed by atoms with Crippen LogP contribution in [0.3, 0.4) is 0 Å². The van der Waals surface area contributed by atoms with Crippen LogP contribution in [0.5, 0.6) is 0 Å². The SMILES string of the molecule is CCCCCC1=C(c2ccc(CCCCC)cc2)[N+](=[N-])C(c2ccc(CCCC)cc2)=C1CCCC.[CH2-]CCCCCC.[CH2-]CCCCCC.[Ni+2]. The molecule has 51 heavy (non-hydrogen) atoms. The molecular formula is C48H78N2Ni. The fraction of sp³-hybridized carbons (Fsp3) is 0.625. The Bertz CT molecular complexity index is 1170. The topological polar surface area (TPSA) is 25.3 Å². The Morgan fingerprint density at radius 2 is 0.725 bits per heavy atom. The molecular weight excluding hydrogens is 663 g/mol. The molecule has 0 atom stereocenters. The maximum Gasteiger partial charge on any atom is 2.00 e. The van der Waals surface area contributed by atoms with E-state index in [-0.39, 0.29) is 16.5 Å². The van der Waals surface area contributed by atoms with Crippen molar-refractivity contribution in [2.24, 2.45) is 0 Å². The second-order valence-corrected chi connectivity index (χ2v) is 14.3. The summed E-state index contributed by atoms with van der Waals surface area (Å²) in [4.78, 5) is 0. The van der Waals surface area contributed by atoms with Crippen LogP contribution in [0, 0.1) is 13.8 Å². The molecule has 0 saturated heterocycles. The van der Waals surface area contributed by atoms with Crippen molar-refractivity contribution >= 4 is 11.4 Å². The van der Waals surface area contributed by atoms with E-state index in [0.29, 0.717) is 0 Å². The average Bonchev–Trinajstić information content (AvgIpc) is 3.41. The summed E-state index contributed by atoms with van der Waals surface area (Å²) in [6.07, 6.45) is 29.4. The van der Waals surface area contributed by atoms with Crippen molar-refractivity contribution in [1.82, 2.24) is 0 Å². The number of rotatable bonds is 24. The van der Waals surface area contributed by atoms with Crippen LogP contribution in [0.2, 0.25) is 0 Å². The van der Waals surface area contributed by atoms with Crippen LogP contribution in [-0.4, -0.2) is 4.70 Å². The first-order chi connectivity index (χ1) is 24.5. The van der Waals surface area contributed by atoms with Crippen molar-refractivity contribution < 1.29 is 21.2 Å². The summed E-state index contributed by atoms with van der Waals surface area (Å²) in [5, 5.41) is 0. The van der Waals surface area contributed by atoms with Gasteiger partial charge in [-0.05, 0) is 86.8 Å². The largest absolute Gasteiger partial charge is 2.00 e.